The van der Waals surface area contributed by atoms with E-state index < -0.39 is 0 Å². The third-order valence-corrected chi connectivity index (χ3v) is 2.90. The molecule has 0 aliphatic carbocycles. The fourth-order valence-corrected chi connectivity index (χ4v) is 1.84. The molecule has 0 bridgehead atoms. The van der Waals surface area contributed by atoms with E-state index in [1.165, 1.54) is 5.56 Å². The number of anilines is 1. The molecule has 0 spiro atoms. The van der Waals surface area contributed by atoms with Gasteiger partial charge in [-0.1, -0.05) is 35.8 Å². The maximum atomic E-state index is 4.47. The second-order valence-electron chi connectivity index (χ2n) is 4.09. The first kappa shape index (κ1) is 12.5. The number of hydrogen-bond donors (Lipinski definition) is 0. The van der Waals surface area contributed by atoms with E-state index in [0.29, 0.717) is 5.92 Å². The van der Waals surface area contributed by atoms with E-state index in [2.05, 4.69) is 58.7 Å². The Morgan fingerprint density at radius 1 is 1.40 bits per heavy atom. The van der Waals surface area contributed by atoms with Crippen LogP contribution in [0.15, 0.2) is 18.3 Å². The van der Waals surface area contributed by atoms with E-state index >= 15 is 0 Å². The summed E-state index contributed by atoms with van der Waals surface area (Å²) in [6.07, 6.45) is 1.94. The Hall–Kier alpha value is -0.570. The van der Waals surface area contributed by atoms with Gasteiger partial charge >= 0.3 is 0 Å². The van der Waals surface area contributed by atoms with Gasteiger partial charge in [-0.25, -0.2) is 4.98 Å². The van der Waals surface area contributed by atoms with Gasteiger partial charge in [0, 0.05) is 24.6 Å². The van der Waals surface area contributed by atoms with E-state index in [9.17, 15) is 0 Å². The quantitative estimate of drug-likeness (QED) is 0.762. The van der Waals surface area contributed by atoms with Gasteiger partial charge in [-0.15, -0.1) is 0 Å². The number of hydrogen-bond acceptors (Lipinski definition) is 2. The van der Waals surface area contributed by atoms with Crippen LogP contribution in [-0.4, -0.2) is 18.1 Å². The number of pyridine rings is 1. The van der Waals surface area contributed by atoms with Crippen LogP contribution in [0.3, 0.4) is 0 Å². The average molecular weight is 271 g/mol. The number of nitrogens with zero attached hydrogens (tertiary/aromatic N) is 2. The molecule has 0 fully saturated rings. The Morgan fingerprint density at radius 3 is 2.53 bits per heavy atom. The topological polar surface area (TPSA) is 16.1 Å². The van der Waals surface area contributed by atoms with Gasteiger partial charge in [0.15, 0.2) is 0 Å². The summed E-state index contributed by atoms with van der Waals surface area (Å²) in [6.45, 7) is 8.71. The predicted molar refractivity (Wildman–Crippen MR) is 69.6 cm³/mol. The molecule has 0 saturated carbocycles. The summed E-state index contributed by atoms with van der Waals surface area (Å²) in [5, 5.41) is 0.872. The second-order valence-corrected chi connectivity index (χ2v) is 4.65. The third kappa shape index (κ3) is 3.82. The molecule has 0 radical (unpaired) electrons. The summed E-state index contributed by atoms with van der Waals surface area (Å²) in [7, 11) is 0. The van der Waals surface area contributed by atoms with Crippen LogP contribution in [-0.2, 0) is 5.33 Å². The summed E-state index contributed by atoms with van der Waals surface area (Å²) in [4.78, 5) is 6.78. The van der Waals surface area contributed by atoms with Crippen molar-refractivity contribution in [3.8, 4) is 0 Å². The molecule has 0 saturated heterocycles. The summed E-state index contributed by atoms with van der Waals surface area (Å²) in [5.41, 5.74) is 1.22. The van der Waals surface area contributed by atoms with E-state index in [1.54, 1.807) is 0 Å². The summed E-state index contributed by atoms with van der Waals surface area (Å²) < 4.78 is 0. The van der Waals surface area contributed by atoms with Gasteiger partial charge in [-0.2, -0.15) is 0 Å². The lowest BCUT2D eigenvalue weighted by molar-refractivity contribution is 0.614. The molecule has 1 heterocycles. The van der Waals surface area contributed by atoms with Crippen molar-refractivity contribution >= 4 is 21.7 Å². The lowest BCUT2D eigenvalue weighted by Crippen LogP contribution is -2.27. The van der Waals surface area contributed by atoms with Gasteiger partial charge < -0.3 is 4.90 Å². The molecule has 3 heteroatoms. The van der Waals surface area contributed by atoms with Gasteiger partial charge in [0.25, 0.3) is 0 Å². The van der Waals surface area contributed by atoms with Gasteiger partial charge in [0.1, 0.15) is 5.82 Å². The van der Waals surface area contributed by atoms with Crippen molar-refractivity contribution in [1.29, 1.82) is 0 Å². The highest BCUT2D eigenvalue weighted by molar-refractivity contribution is 9.08. The van der Waals surface area contributed by atoms with Crippen LogP contribution < -0.4 is 4.90 Å². The van der Waals surface area contributed by atoms with Crippen LogP contribution in [0, 0.1) is 5.92 Å². The SMILES string of the molecule is CCN(CC(C)C)c1ccc(CBr)cn1. The largest absolute Gasteiger partial charge is 0.357 e. The molecular weight excluding hydrogens is 252 g/mol. The molecule has 0 atom stereocenters. The van der Waals surface area contributed by atoms with E-state index in [1.807, 2.05) is 6.20 Å². The minimum Gasteiger partial charge on any atom is -0.357 e. The first-order valence-corrected chi connectivity index (χ1v) is 6.55. The fraction of sp³-hybridized carbons (Fsp3) is 0.583. The zero-order chi connectivity index (χ0) is 11.3. The maximum Gasteiger partial charge on any atom is 0.128 e. The molecule has 0 aliphatic heterocycles. The van der Waals surface area contributed by atoms with E-state index in [4.69, 9.17) is 0 Å². The number of alkyl halides is 1. The molecule has 84 valence electrons. The van der Waals surface area contributed by atoms with Crippen LogP contribution in [0.2, 0.25) is 0 Å². The molecule has 15 heavy (non-hydrogen) atoms. The highest BCUT2D eigenvalue weighted by Gasteiger charge is 2.07. The predicted octanol–water partition coefficient (Wildman–Crippen LogP) is 3.46. The summed E-state index contributed by atoms with van der Waals surface area (Å²) in [5.74, 6) is 1.75. The summed E-state index contributed by atoms with van der Waals surface area (Å²) >= 11 is 3.42. The maximum absolute atomic E-state index is 4.47. The molecule has 0 N–H and O–H groups in total. The lowest BCUT2D eigenvalue weighted by Gasteiger charge is -2.23. The highest BCUT2D eigenvalue weighted by atomic mass is 79.9. The number of aromatic nitrogens is 1. The van der Waals surface area contributed by atoms with Crippen molar-refractivity contribution in [2.45, 2.75) is 26.1 Å². The second kappa shape index (κ2) is 6.11. The first-order valence-electron chi connectivity index (χ1n) is 5.43. The van der Waals surface area contributed by atoms with Gasteiger partial charge in [0.05, 0.1) is 0 Å². The van der Waals surface area contributed by atoms with E-state index in [-0.39, 0.29) is 0 Å². The Morgan fingerprint density at radius 2 is 2.13 bits per heavy atom. The minimum absolute atomic E-state index is 0.669. The highest BCUT2D eigenvalue weighted by Crippen LogP contribution is 2.14. The lowest BCUT2D eigenvalue weighted by atomic mass is 10.2. The van der Waals surface area contributed by atoms with Crippen LogP contribution in [0.1, 0.15) is 26.3 Å². The van der Waals surface area contributed by atoms with Crippen LogP contribution >= 0.6 is 15.9 Å². The molecule has 1 rings (SSSR count). The molecule has 1 aromatic rings. The fourth-order valence-electron chi connectivity index (χ4n) is 1.51. The van der Waals surface area contributed by atoms with Gasteiger partial charge in [-0.05, 0) is 24.5 Å². The summed E-state index contributed by atoms with van der Waals surface area (Å²) in [6, 6.07) is 4.22. The number of rotatable bonds is 5. The van der Waals surface area contributed by atoms with Crippen molar-refractivity contribution < 1.29 is 0 Å². The van der Waals surface area contributed by atoms with Crippen molar-refractivity contribution in [1.82, 2.24) is 4.98 Å². The minimum atomic E-state index is 0.669. The molecule has 0 aliphatic rings. The van der Waals surface area contributed by atoms with Crippen LogP contribution in [0.5, 0.6) is 0 Å². The standard InChI is InChI=1S/C12H19BrN2/c1-4-15(9-10(2)3)12-6-5-11(7-13)8-14-12/h5-6,8,10H,4,7,9H2,1-3H3. The Kier molecular flexibility index (Phi) is 5.09. The normalized spacial score (nSPS) is 10.7. The Labute approximate surface area is 101 Å². The Bertz CT molecular complexity index is 282. The van der Waals surface area contributed by atoms with Crippen molar-refractivity contribution in [3.05, 3.63) is 23.9 Å². The zero-order valence-corrected chi connectivity index (χ0v) is 11.3. The van der Waals surface area contributed by atoms with Crippen LogP contribution in [0.4, 0.5) is 5.82 Å². The van der Waals surface area contributed by atoms with E-state index in [0.717, 1.165) is 24.2 Å². The van der Waals surface area contributed by atoms with Crippen molar-refractivity contribution in [2.75, 3.05) is 18.0 Å². The zero-order valence-electron chi connectivity index (χ0n) is 9.70. The number of halogens is 1. The Balaban J connectivity index is 2.74. The molecule has 0 aromatic carbocycles. The molecule has 0 amide bonds. The molecule has 1 aromatic heterocycles. The smallest absolute Gasteiger partial charge is 0.128 e. The molecular formula is C12H19BrN2. The molecule has 2 nitrogen and oxygen atoms in total. The van der Waals surface area contributed by atoms with Gasteiger partial charge in [-0.3, -0.25) is 0 Å². The van der Waals surface area contributed by atoms with Gasteiger partial charge in [0.2, 0.25) is 0 Å². The molecule has 0 unspecified atom stereocenters. The van der Waals surface area contributed by atoms with Crippen molar-refractivity contribution in [3.63, 3.8) is 0 Å². The average Bonchev–Trinajstić information content (AvgIpc) is 2.26. The van der Waals surface area contributed by atoms with Crippen molar-refractivity contribution in [2.24, 2.45) is 5.92 Å². The van der Waals surface area contributed by atoms with Crippen LogP contribution in [0.25, 0.3) is 0 Å². The first-order chi connectivity index (χ1) is 7.17. The monoisotopic (exact) mass is 270 g/mol. The third-order valence-electron chi connectivity index (χ3n) is 2.25.